The van der Waals surface area contributed by atoms with Crippen molar-refractivity contribution < 1.29 is 13.9 Å². The largest absolute Gasteiger partial charge is 0.379 e. The van der Waals surface area contributed by atoms with Gasteiger partial charge in [0.1, 0.15) is 11.3 Å². The zero-order valence-corrected chi connectivity index (χ0v) is 19.7. The molecular formula is C22H24Cl2FN7O2. The van der Waals surface area contributed by atoms with E-state index >= 15 is 0 Å². The van der Waals surface area contributed by atoms with Crippen LogP contribution >= 0.6 is 23.2 Å². The molecule has 1 aromatic carbocycles. The van der Waals surface area contributed by atoms with Gasteiger partial charge in [-0.05, 0) is 44.2 Å². The monoisotopic (exact) mass is 507 g/mol. The number of amides is 1. The lowest BCUT2D eigenvalue weighted by Gasteiger charge is -2.29. The van der Waals surface area contributed by atoms with Gasteiger partial charge >= 0.3 is 0 Å². The highest BCUT2D eigenvalue weighted by molar-refractivity contribution is 6.39. The average Bonchev–Trinajstić information content (AvgIpc) is 3.43. The Bertz CT molecular complexity index is 1200. The number of nitrogens with zero attached hydrogens (tertiary/aromatic N) is 4. The number of anilines is 3. The Morgan fingerprint density at radius 2 is 1.88 bits per heavy atom. The SMILES string of the molecule is NC(=O)[C@H]1CC[C@@H](n2c(Nc3c(Cl)cc(F)cc3Cl)nc3cnc(N[C@H]4CCOC4)nc32)CC1. The number of aromatic nitrogens is 4. The second-order valence-corrected chi connectivity index (χ2v) is 9.50. The van der Waals surface area contributed by atoms with Gasteiger partial charge < -0.3 is 21.1 Å². The third kappa shape index (κ3) is 4.62. The predicted octanol–water partition coefficient (Wildman–Crippen LogP) is 4.43. The van der Waals surface area contributed by atoms with E-state index in [4.69, 9.17) is 38.7 Å². The fourth-order valence-corrected chi connectivity index (χ4v) is 5.17. The summed E-state index contributed by atoms with van der Waals surface area (Å²) in [6.45, 7) is 1.31. The zero-order valence-electron chi connectivity index (χ0n) is 18.2. The van der Waals surface area contributed by atoms with Gasteiger partial charge in [-0.2, -0.15) is 4.98 Å². The maximum Gasteiger partial charge on any atom is 0.225 e. The first-order chi connectivity index (χ1) is 16.4. The number of carbonyl (C=O) groups is 1. The summed E-state index contributed by atoms with van der Waals surface area (Å²) in [4.78, 5) is 25.5. The molecule has 0 radical (unpaired) electrons. The van der Waals surface area contributed by atoms with E-state index in [0.717, 1.165) is 19.3 Å². The van der Waals surface area contributed by atoms with Crippen LogP contribution in [0.2, 0.25) is 10.0 Å². The minimum Gasteiger partial charge on any atom is -0.379 e. The number of primary amides is 1. The van der Waals surface area contributed by atoms with Crippen LogP contribution in [0.3, 0.4) is 0 Å². The highest BCUT2D eigenvalue weighted by atomic mass is 35.5. The van der Waals surface area contributed by atoms with Gasteiger partial charge in [-0.1, -0.05) is 23.2 Å². The van der Waals surface area contributed by atoms with E-state index in [9.17, 15) is 9.18 Å². The summed E-state index contributed by atoms with van der Waals surface area (Å²) in [5.74, 6) is 0.00154. The van der Waals surface area contributed by atoms with Crippen molar-refractivity contribution >= 4 is 57.9 Å². The molecule has 0 unspecified atom stereocenters. The summed E-state index contributed by atoms with van der Waals surface area (Å²) in [5.41, 5.74) is 7.10. The van der Waals surface area contributed by atoms with Crippen LogP contribution in [0.15, 0.2) is 18.3 Å². The summed E-state index contributed by atoms with van der Waals surface area (Å²) < 4.78 is 21.1. The number of ether oxygens (including phenoxy) is 1. The van der Waals surface area contributed by atoms with E-state index in [1.54, 1.807) is 6.20 Å². The van der Waals surface area contributed by atoms with Gasteiger partial charge in [0.05, 0.1) is 34.6 Å². The first kappa shape index (κ1) is 23.1. The van der Waals surface area contributed by atoms with Crippen LogP contribution in [-0.2, 0) is 9.53 Å². The molecule has 3 heterocycles. The third-order valence-corrected chi connectivity index (χ3v) is 7.00. The average molecular weight is 508 g/mol. The van der Waals surface area contributed by atoms with Gasteiger partial charge in [0.2, 0.25) is 17.8 Å². The van der Waals surface area contributed by atoms with Gasteiger partial charge in [-0.3, -0.25) is 9.36 Å². The highest BCUT2D eigenvalue weighted by Gasteiger charge is 2.29. The van der Waals surface area contributed by atoms with Crippen molar-refractivity contribution in [2.75, 3.05) is 23.8 Å². The second-order valence-electron chi connectivity index (χ2n) is 8.69. The van der Waals surface area contributed by atoms with E-state index < -0.39 is 5.82 Å². The maximum absolute atomic E-state index is 13.7. The molecule has 5 rings (SSSR count). The molecule has 2 fully saturated rings. The van der Waals surface area contributed by atoms with E-state index in [0.29, 0.717) is 54.8 Å². The summed E-state index contributed by atoms with van der Waals surface area (Å²) in [6.07, 6.45) is 5.33. The van der Waals surface area contributed by atoms with Gasteiger partial charge in [-0.25, -0.2) is 14.4 Å². The molecule has 180 valence electrons. The Balaban J connectivity index is 1.54. The smallest absolute Gasteiger partial charge is 0.225 e. The second kappa shape index (κ2) is 9.52. The number of benzene rings is 1. The molecule has 4 N–H and O–H groups in total. The van der Waals surface area contributed by atoms with E-state index in [1.165, 1.54) is 12.1 Å². The van der Waals surface area contributed by atoms with Crippen LogP contribution in [0.1, 0.15) is 38.1 Å². The van der Waals surface area contributed by atoms with Crippen LogP contribution in [0.4, 0.5) is 22.0 Å². The molecule has 2 aromatic heterocycles. The number of nitrogens with one attached hydrogen (secondary N) is 2. The Morgan fingerprint density at radius 3 is 2.53 bits per heavy atom. The number of hydrogen-bond donors (Lipinski definition) is 3. The predicted molar refractivity (Wildman–Crippen MR) is 128 cm³/mol. The van der Waals surface area contributed by atoms with Crippen LogP contribution < -0.4 is 16.4 Å². The number of rotatable bonds is 6. The molecule has 1 amide bonds. The van der Waals surface area contributed by atoms with Crippen LogP contribution in [0, 0.1) is 11.7 Å². The van der Waals surface area contributed by atoms with Crippen molar-refractivity contribution in [1.82, 2.24) is 19.5 Å². The molecule has 34 heavy (non-hydrogen) atoms. The minimum absolute atomic E-state index is 0.0127. The summed E-state index contributed by atoms with van der Waals surface area (Å²) in [7, 11) is 0. The van der Waals surface area contributed by atoms with Crippen LogP contribution in [0.25, 0.3) is 11.2 Å². The number of hydrogen-bond acceptors (Lipinski definition) is 7. The number of halogens is 3. The topological polar surface area (TPSA) is 120 Å². The zero-order chi connectivity index (χ0) is 23.8. The Kier molecular flexibility index (Phi) is 6.46. The Labute approximate surface area is 205 Å². The molecule has 1 saturated carbocycles. The fourth-order valence-electron chi connectivity index (χ4n) is 4.62. The van der Waals surface area contributed by atoms with Gasteiger partial charge in [0, 0.05) is 18.6 Å². The van der Waals surface area contributed by atoms with E-state index in [-0.39, 0.29) is 34.0 Å². The molecule has 1 atom stereocenters. The van der Waals surface area contributed by atoms with E-state index in [1.807, 2.05) is 4.57 Å². The lowest BCUT2D eigenvalue weighted by atomic mass is 9.85. The molecule has 3 aromatic rings. The number of nitrogens with two attached hydrogens (primary N) is 1. The minimum atomic E-state index is -0.531. The van der Waals surface area contributed by atoms with Crippen molar-refractivity contribution in [3.8, 4) is 0 Å². The van der Waals surface area contributed by atoms with Crippen molar-refractivity contribution in [3.63, 3.8) is 0 Å². The van der Waals surface area contributed by atoms with Crippen molar-refractivity contribution in [2.45, 2.75) is 44.2 Å². The van der Waals surface area contributed by atoms with Crippen LogP contribution in [0.5, 0.6) is 0 Å². The Morgan fingerprint density at radius 1 is 1.15 bits per heavy atom. The molecule has 1 aliphatic carbocycles. The lowest BCUT2D eigenvalue weighted by molar-refractivity contribution is -0.122. The normalized spacial score (nSPS) is 22.7. The molecule has 0 bridgehead atoms. The maximum atomic E-state index is 13.7. The first-order valence-corrected chi connectivity index (χ1v) is 11.9. The Hall–Kier alpha value is -2.69. The molecule has 2 aliphatic rings. The quantitative estimate of drug-likeness (QED) is 0.451. The summed E-state index contributed by atoms with van der Waals surface area (Å²) in [6, 6.07) is 2.53. The fraction of sp³-hybridized carbons (Fsp3) is 0.455. The third-order valence-electron chi connectivity index (χ3n) is 6.40. The summed E-state index contributed by atoms with van der Waals surface area (Å²) in [5, 5.41) is 6.76. The molecular weight excluding hydrogens is 484 g/mol. The van der Waals surface area contributed by atoms with E-state index in [2.05, 4.69) is 20.6 Å². The standard InChI is InChI=1S/C22H24Cl2FN7O2/c23-15-7-12(25)8-16(24)18(15)30-22-29-17-9-27-21(28-13-5-6-34-10-13)31-20(17)32(22)14-3-1-11(2-4-14)19(26)33/h7-9,11,13-14H,1-6,10H2,(H2,26,33)(H,29,30)(H,27,28,31)/t11-,13-,14+/m0/s1. The summed E-state index contributed by atoms with van der Waals surface area (Å²) >= 11 is 12.5. The number of imidazole rings is 1. The van der Waals surface area contributed by atoms with Crippen molar-refractivity contribution in [2.24, 2.45) is 11.7 Å². The van der Waals surface area contributed by atoms with Crippen molar-refractivity contribution in [3.05, 3.63) is 34.2 Å². The number of carbonyl (C=O) groups excluding carboxylic acids is 1. The van der Waals surface area contributed by atoms with Crippen LogP contribution in [-0.4, -0.2) is 44.7 Å². The molecule has 1 saturated heterocycles. The van der Waals surface area contributed by atoms with Gasteiger partial charge in [0.15, 0.2) is 5.65 Å². The molecule has 12 heteroatoms. The number of fused-ring (bicyclic) bond motifs is 1. The molecule has 0 spiro atoms. The highest BCUT2D eigenvalue weighted by Crippen LogP contribution is 2.39. The molecule has 9 nitrogen and oxygen atoms in total. The van der Waals surface area contributed by atoms with Gasteiger partial charge in [0.25, 0.3) is 0 Å². The lowest BCUT2D eigenvalue weighted by Crippen LogP contribution is -2.29. The van der Waals surface area contributed by atoms with Gasteiger partial charge in [-0.15, -0.1) is 0 Å². The molecule has 1 aliphatic heterocycles. The van der Waals surface area contributed by atoms with Crippen molar-refractivity contribution in [1.29, 1.82) is 0 Å². The first-order valence-electron chi connectivity index (χ1n) is 11.2.